The fourth-order valence-corrected chi connectivity index (χ4v) is 3.15. The van der Waals surface area contributed by atoms with Gasteiger partial charge in [0.2, 0.25) is 0 Å². The van der Waals surface area contributed by atoms with Gasteiger partial charge < -0.3 is 20.2 Å². The molecule has 1 amide bonds. The van der Waals surface area contributed by atoms with E-state index < -0.39 is 42.3 Å². The molecule has 1 fully saturated rings. The molecule has 1 aromatic carbocycles. The summed E-state index contributed by atoms with van der Waals surface area (Å²) in [6.07, 6.45) is -9.47. The van der Waals surface area contributed by atoms with Crippen molar-refractivity contribution in [2.75, 3.05) is 33.2 Å². The third-order valence-corrected chi connectivity index (χ3v) is 5.68. The van der Waals surface area contributed by atoms with Gasteiger partial charge in [-0.2, -0.15) is 39.5 Å². The lowest BCUT2D eigenvalue weighted by molar-refractivity contribution is -0.193. The minimum atomic E-state index is -5.08. The van der Waals surface area contributed by atoms with E-state index in [0.717, 1.165) is 32.7 Å². The highest BCUT2D eigenvalue weighted by Crippen LogP contribution is 2.15. The van der Waals surface area contributed by atoms with E-state index >= 15 is 0 Å². The maximum Gasteiger partial charge on any atom is 0.490 e. The number of carboxylic acids is 3. The van der Waals surface area contributed by atoms with Crippen LogP contribution in [-0.4, -0.2) is 117 Å². The van der Waals surface area contributed by atoms with Crippen molar-refractivity contribution in [2.24, 2.45) is 0 Å². The molecule has 22 heteroatoms. The summed E-state index contributed by atoms with van der Waals surface area (Å²) in [5.41, 5.74) is 4.49. The summed E-state index contributed by atoms with van der Waals surface area (Å²) >= 11 is 0. The van der Waals surface area contributed by atoms with Gasteiger partial charge in [-0.15, -0.1) is 0 Å². The highest BCUT2D eigenvalue weighted by Gasteiger charge is 2.39. The lowest BCUT2D eigenvalue weighted by atomic mass is 10.1. The van der Waals surface area contributed by atoms with Gasteiger partial charge >= 0.3 is 36.4 Å². The third kappa shape index (κ3) is 20.7. The minimum Gasteiger partial charge on any atom is -0.475 e. The number of nitrogens with zero attached hydrogens (tertiary/aromatic N) is 3. The smallest absolute Gasteiger partial charge is 0.475 e. The van der Waals surface area contributed by atoms with Crippen molar-refractivity contribution in [3.05, 3.63) is 77.1 Å². The molecule has 0 atom stereocenters. The summed E-state index contributed by atoms with van der Waals surface area (Å²) in [7, 11) is 2.14. The summed E-state index contributed by atoms with van der Waals surface area (Å²) in [6, 6.07) is 13.0. The molecule has 0 spiro atoms. The molecule has 13 nitrogen and oxygen atoms in total. The van der Waals surface area contributed by atoms with Crippen LogP contribution in [0.5, 0.6) is 0 Å². The van der Waals surface area contributed by atoms with Gasteiger partial charge in [0, 0.05) is 44.4 Å². The first kappa shape index (κ1) is 45.6. The van der Waals surface area contributed by atoms with E-state index in [1.807, 2.05) is 24.3 Å². The standard InChI is InChI=1S/C23H26N4O3.3C2HF3O2/c1-26-13-15-27(16-14-26)17-18-5-7-19(8-6-18)22(28)11-9-20-3-2-4-21(24-20)10-12-23(29)25-30;3*3-2(4,5)1(6)7/h2-12,30H,13-17H2,1H3,(H,25,29);3*(H,6,7)/b11-9+,12-10+;;;. The van der Waals surface area contributed by atoms with Crippen LogP contribution in [0.3, 0.4) is 0 Å². The lowest BCUT2D eigenvalue weighted by Gasteiger charge is -2.32. The van der Waals surface area contributed by atoms with Crippen molar-refractivity contribution < 1.29 is 84.0 Å². The first-order valence-corrected chi connectivity index (χ1v) is 13.6. The highest BCUT2D eigenvalue weighted by atomic mass is 19.4. The number of carbonyl (C=O) groups excluding carboxylic acids is 2. The van der Waals surface area contributed by atoms with Gasteiger partial charge in [-0.05, 0) is 43.0 Å². The van der Waals surface area contributed by atoms with Crippen LogP contribution >= 0.6 is 0 Å². The van der Waals surface area contributed by atoms with Gasteiger partial charge in [-0.3, -0.25) is 19.7 Å². The second-order valence-electron chi connectivity index (χ2n) is 9.68. The summed E-state index contributed by atoms with van der Waals surface area (Å²) in [6.45, 7) is 5.19. The highest BCUT2D eigenvalue weighted by molar-refractivity contribution is 6.06. The number of allylic oxidation sites excluding steroid dienone is 1. The number of nitrogens with one attached hydrogen (secondary N) is 1. The van der Waals surface area contributed by atoms with Crippen molar-refractivity contribution in [1.82, 2.24) is 20.3 Å². The number of benzene rings is 1. The predicted octanol–water partition coefficient (Wildman–Crippen LogP) is 4.14. The van der Waals surface area contributed by atoms with Gasteiger partial charge in [-0.1, -0.05) is 30.3 Å². The normalized spacial score (nSPS) is 13.9. The molecule has 0 saturated carbocycles. The average Bonchev–Trinajstić information content (AvgIpc) is 3.03. The van der Waals surface area contributed by atoms with Crippen LogP contribution in [0.1, 0.15) is 27.3 Å². The quantitative estimate of drug-likeness (QED) is 0.0894. The fourth-order valence-electron chi connectivity index (χ4n) is 3.15. The number of aromatic nitrogens is 1. The molecule has 282 valence electrons. The molecule has 0 bridgehead atoms. The van der Waals surface area contributed by atoms with E-state index in [2.05, 4.69) is 21.8 Å². The van der Waals surface area contributed by atoms with Crippen molar-refractivity contribution >= 4 is 41.8 Å². The number of alkyl halides is 9. The minimum absolute atomic E-state index is 0.0939. The Morgan fingerprint density at radius 2 is 1.10 bits per heavy atom. The van der Waals surface area contributed by atoms with Crippen LogP contribution in [0.4, 0.5) is 39.5 Å². The molecular weight excluding hydrogens is 719 g/mol. The molecule has 3 rings (SSSR count). The molecule has 1 saturated heterocycles. The first-order valence-electron chi connectivity index (χ1n) is 13.6. The number of pyridine rings is 1. The Hall–Kier alpha value is -5.35. The van der Waals surface area contributed by atoms with Crippen LogP contribution in [0.15, 0.2) is 54.6 Å². The molecule has 2 aromatic rings. The van der Waals surface area contributed by atoms with Crippen molar-refractivity contribution in [1.29, 1.82) is 0 Å². The van der Waals surface area contributed by atoms with E-state index in [1.165, 1.54) is 29.3 Å². The van der Waals surface area contributed by atoms with Crippen LogP contribution < -0.4 is 5.48 Å². The Morgan fingerprint density at radius 1 is 0.706 bits per heavy atom. The molecule has 0 radical (unpaired) electrons. The van der Waals surface area contributed by atoms with Crippen LogP contribution in [-0.2, 0) is 25.7 Å². The number of halogens is 9. The van der Waals surface area contributed by atoms with E-state index in [4.69, 9.17) is 34.9 Å². The second-order valence-corrected chi connectivity index (χ2v) is 9.68. The monoisotopic (exact) mass is 748 g/mol. The second kappa shape index (κ2) is 21.0. The number of likely N-dealkylation sites (N-methyl/N-ethyl adjacent to an activating group) is 1. The zero-order valence-corrected chi connectivity index (χ0v) is 26.0. The number of hydrogen-bond donors (Lipinski definition) is 5. The zero-order valence-electron chi connectivity index (χ0n) is 26.0. The Bertz CT molecular complexity index is 1460. The third-order valence-electron chi connectivity index (χ3n) is 5.68. The lowest BCUT2D eigenvalue weighted by Crippen LogP contribution is -2.43. The summed E-state index contributed by atoms with van der Waals surface area (Å²) in [4.78, 5) is 59.3. The van der Waals surface area contributed by atoms with Crippen LogP contribution in [0, 0.1) is 0 Å². The summed E-state index contributed by atoms with van der Waals surface area (Å²) in [5.74, 6) is -9.00. The molecule has 0 aliphatic carbocycles. The van der Waals surface area contributed by atoms with Gasteiger partial charge in [0.1, 0.15) is 0 Å². The van der Waals surface area contributed by atoms with E-state index in [0.29, 0.717) is 17.0 Å². The van der Waals surface area contributed by atoms with Crippen molar-refractivity contribution in [3.8, 4) is 0 Å². The molecule has 0 unspecified atom stereocenters. The molecule has 2 heterocycles. The number of rotatable bonds is 7. The SMILES string of the molecule is CN1CCN(Cc2ccc(C(=O)/C=C/c3cccc(/C=C/C(=O)NO)n3)cc2)CC1.O=C(O)C(F)(F)F.O=C(O)C(F)(F)F.O=C(O)C(F)(F)F. The number of aliphatic carboxylic acids is 3. The average molecular weight is 749 g/mol. The number of amides is 1. The maximum atomic E-state index is 12.5. The summed E-state index contributed by atoms with van der Waals surface area (Å²) in [5, 5.41) is 29.9. The number of hydroxylamine groups is 1. The number of carbonyl (C=O) groups is 5. The van der Waals surface area contributed by atoms with Gasteiger partial charge in [0.25, 0.3) is 5.91 Å². The van der Waals surface area contributed by atoms with Crippen molar-refractivity contribution in [3.63, 3.8) is 0 Å². The van der Waals surface area contributed by atoms with E-state index in [-0.39, 0.29) is 5.78 Å². The van der Waals surface area contributed by atoms with Crippen molar-refractivity contribution in [2.45, 2.75) is 25.1 Å². The Labute approximate surface area is 281 Å². The predicted molar refractivity (Wildman–Crippen MR) is 157 cm³/mol. The Morgan fingerprint density at radius 3 is 1.47 bits per heavy atom. The maximum absolute atomic E-state index is 12.5. The van der Waals surface area contributed by atoms with Crippen LogP contribution in [0.25, 0.3) is 12.2 Å². The number of piperazine rings is 1. The van der Waals surface area contributed by atoms with E-state index in [1.54, 1.807) is 24.3 Å². The van der Waals surface area contributed by atoms with Crippen LogP contribution in [0.2, 0.25) is 0 Å². The molecule has 1 aliphatic heterocycles. The number of ketones is 1. The van der Waals surface area contributed by atoms with Gasteiger partial charge in [0.05, 0.1) is 11.4 Å². The fraction of sp³-hybridized carbons (Fsp3) is 0.310. The van der Waals surface area contributed by atoms with Gasteiger partial charge in [-0.25, -0.2) is 24.8 Å². The zero-order chi connectivity index (χ0) is 39.6. The Balaban J connectivity index is 0.000000966. The molecule has 1 aliphatic rings. The molecular formula is C29H29F9N4O9. The molecule has 51 heavy (non-hydrogen) atoms. The van der Waals surface area contributed by atoms with E-state index in [9.17, 15) is 49.1 Å². The largest absolute Gasteiger partial charge is 0.490 e. The van der Waals surface area contributed by atoms with Gasteiger partial charge in [0.15, 0.2) is 5.78 Å². The molecule has 5 N–H and O–H groups in total. The number of carboxylic acid groups (broad SMARTS) is 3. The first-order chi connectivity index (χ1) is 23.4. The topological polar surface area (TPSA) is 198 Å². The molecule has 1 aromatic heterocycles. The Kier molecular flexibility index (Phi) is 18.8. The number of hydrogen-bond acceptors (Lipinski definition) is 9. The summed E-state index contributed by atoms with van der Waals surface area (Å²) < 4.78 is 95.2.